The number of ketones is 1. The van der Waals surface area contributed by atoms with Gasteiger partial charge in [-0.25, -0.2) is 0 Å². The number of carbonyl (C=O) groups is 1. The molecule has 0 aromatic heterocycles. The van der Waals surface area contributed by atoms with Gasteiger partial charge in [0.05, 0.1) is 0 Å². The summed E-state index contributed by atoms with van der Waals surface area (Å²) in [5, 5.41) is 0. The van der Waals surface area contributed by atoms with Gasteiger partial charge in [-0.1, -0.05) is 25.1 Å². The molecule has 0 aliphatic heterocycles. The van der Waals surface area contributed by atoms with Gasteiger partial charge in [-0.3, -0.25) is 4.79 Å². The topological polar surface area (TPSA) is 26.3 Å². The number of rotatable bonds is 6. The molecule has 2 nitrogen and oxygen atoms in total. The summed E-state index contributed by atoms with van der Waals surface area (Å²) >= 11 is 0. The highest BCUT2D eigenvalue weighted by molar-refractivity contribution is 5.85. The summed E-state index contributed by atoms with van der Waals surface area (Å²) in [4.78, 5) is 12.1. The van der Waals surface area contributed by atoms with E-state index in [1.807, 2.05) is 13.8 Å². The summed E-state index contributed by atoms with van der Waals surface area (Å²) in [6, 6.07) is 6.49. The van der Waals surface area contributed by atoms with E-state index < -0.39 is 0 Å². The average Bonchev–Trinajstić information content (AvgIpc) is 2.83. The first-order chi connectivity index (χ1) is 8.74. The predicted octanol–water partition coefficient (Wildman–Crippen LogP) is 3.10. The second-order valence-electron chi connectivity index (χ2n) is 4.95. The Balaban J connectivity index is 2.02. The van der Waals surface area contributed by atoms with Crippen molar-refractivity contribution in [2.75, 3.05) is 6.61 Å². The van der Waals surface area contributed by atoms with Crippen LogP contribution in [0, 0.1) is 0 Å². The van der Waals surface area contributed by atoms with Crippen molar-refractivity contribution >= 4 is 5.78 Å². The van der Waals surface area contributed by atoms with Gasteiger partial charge in [0.15, 0.2) is 5.78 Å². The number of ether oxygens (including phenoxy) is 1. The lowest BCUT2D eigenvalue weighted by molar-refractivity contribution is -0.129. The van der Waals surface area contributed by atoms with E-state index in [1.165, 1.54) is 30.4 Å². The van der Waals surface area contributed by atoms with Gasteiger partial charge in [0.2, 0.25) is 0 Å². The molecule has 2 rings (SSSR count). The van der Waals surface area contributed by atoms with Crippen LogP contribution in [0.4, 0.5) is 0 Å². The molecule has 1 aliphatic rings. The maximum atomic E-state index is 12.1. The van der Waals surface area contributed by atoms with Crippen molar-refractivity contribution in [2.45, 2.75) is 52.1 Å². The zero-order valence-corrected chi connectivity index (χ0v) is 11.4. The minimum Gasteiger partial charge on any atom is -0.371 e. The van der Waals surface area contributed by atoms with E-state index >= 15 is 0 Å². The van der Waals surface area contributed by atoms with Gasteiger partial charge in [-0.2, -0.15) is 0 Å². The summed E-state index contributed by atoms with van der Waals surface area (Å²) in [5.41, 5.74) is 4.03. The van der Waals surface area contributed by atoms with Gasteiger partial charge in [-0.05, 0) is 49.3 Å². The first kappa shape index (κ1) is 13.3. The molecule has 18 heavy (non-hydrogen) atoms. The van der Waals surface area contributed by atoms with Crippen molar-refractivity contribution < 1.29 is 9.53 Å². The molecule has 2 heteroatoms. The maximum absolute atomic E-state index is 12.1. The largest absolute Gasteiger partial charge is 0.371 e. The fourth-order valence-corrected chi connectivity index (χ4v) is 2.69. The number of benzene rings is 1. The smallest absolute Gasteiger partial charge is 0.165 e. The van der Waals surface area contributed by atoms with Crippen LogP contribution in [-0.4, -0.2) is 18.5 Å². The van der Waals surface area contributed by atoms with Gasteiger partial charge in [0.1, 0.15) is 6.10 Å². The normalized spacial score (nSPS) is 15.4. The highest BCUT2D eigenvalue weighted by Gasteiger charge is 2.18. The van der Waals surface area contributed by atoms with Crippen molar-refractivity contribution in [1.29, 1.82) is 0 Å². The van der Waals surface area contributed by atoms with E-state index in [4.69, 9.17) is 4.74 Å². The van der Waals surface area contributed by atoms with Gasteiger partial charge in [0.25, 0.3) is 0 Å². The fraction of sp³-hybridized carbons (Fsp3) is 0.562. The molecule has 1 atom stereocenters. The molecule has 0 saturated carbocycles. The number of aryl methyl sites for hydroxylation is 2. The molecule has 1 aromatic carbocycles. The third-order valence-electron chi connectivity index (χ3n) is 3.64. The van der Waals surface area contributed by atoms with Crippen molar-refractivity contribution in [3.63, 3.8) is 0 Å². The van der Waals surface area contributed by atoms with Gasteiger partial charge < -0.3 is 4.74 Å². The Hall–Kier alpha value is -1.15. The van der Waals surface area contributed by atoms with Crippen LogP contribution >= 0.6 is 0 Å². The van der Waals surface area contributed by atoms with Crippen molar-refractivity contribution in [3.05, 3.63) is 34.9 Å². The first-order valence-corrected chi connectivity index (χ1v) is 6.99. The molecule has 0 heterocycles. The van der Waals surface area contributed by atoms with E-state index in [2.05, 4.69) is 18.2 Å². The average molecular weight is 246 g/mol. The van der Waals surface area contributed by atoms with E-state index in [0.29, 0.717) is 13.0 Å². The number of fused-ring (bicyclic) bond motifs is 1. The zero-order valence-electron chi connectivity index (χ0n) is 11.4. The Bertz CT molecular complexity index is 423. The number of Topliss-reactive ketones (excluding diaryl/α,β-unsaturated/α-hetero) is 1. The lowest BCUT2D eigenvalue weighted by Gasteiger charge is -2.14. The molecule has 0 N–H and O–H groups in total. The van der Waals surface area contributed by atoms with Gasteiger partial charge in [-0.15, -0.1) is 0 Å². The third-order valence-corrected chi connectivity index (χ3v) is 3.64. The van der Waals surface area contributed by atoms with Crippen LogP contribution in [0.25, 0.3) is 0 Å². The Labute approximate surface area is 109 Å². The van der Waals surface area contributed by atoms with Crippen molar-refractivity contribution in [3.8, 4) is 0 Å². The number of hydrogen-bond donors (Lipinski definition) is 0. The highest BCUT2D eigenvalue weighted by Crippen LogP contribution is 2.23. The summed E-state index contributed by atoms with van der Waals surface area (Å²) in [6.07, 6.45) is 4.65. The molecule has 0 spiro atoms. The summed E-state index contributed by atoms with van der Waals surface area (Å²) in [5.74, 6) is 0.206. The molecule has 0 amide bonds. The Morgan fingerprint density at radius 2 is 2.06 bits per heavy atom. The summed E-state index contributed by atoms with van der Waals surface area (Å²) < 4.78 is 5.47. The summed E-state index contributed by atoms with van der Waals surface area (Å²) in [7, 11) is 0. The van der Waals surface area contributed by atoms with Gasteiger partial charge in [0, 0.05) is 13.0 Å². The molecule has 1 unspecified atom stereocenters. The van der Waals surface area contributed by atoms with Crippen LogP contribution in [0.1, 0.15) is 43.4 Å². The predicted molar refractivity (Wildman–Crippen MR) is 72.9 cm³/mol. The Morgan fingerprint density at radius 1 is 1.28 bits per heavy atom. The van der Waals surface area contributed by atoms with E-state index in [1.54, 1.807) is 0 Å². The Morgan fingerprint density at radius 3 is 2.78 bits per heavy atom. The number of hydrogen-bond acceptors (Lipinski definition) is 2. The minimum absolute atomic E-state index is 0.206. The fourth-order valence-electron chi connectivity index (χ4n) is 2.69. The van der Waals surface area contributed by atoms with Crippen LogP contribution < -0.4 is 0 Å². The molecule has 1 aliphatic carbocycles. The molecule has 0 bridgehead atoms. The number of carbonyl (C=O) groups excluding carboxylic acids is 1. The quantitative estimate of drug-likeness (QED) is 0.771. The monoisotopic (exact) mass is 246 g/mol. The van der Waals surface area contributed by atoms with Crippen molar-refractivity contribution in [2.24, 2.45) is 0 Å². The molecular formula is C16H22O2. The van der Waals surface area contributed by atoms with Crippen LogP contribution in [0.15, 0.2) is 18.2 Å². The second kappa shape index (κ2) is 6.14. The second-order valence-corrected chi connectivity index (χ2v) is 4.95. The molecular weight excluding hydrogens is 224 g/mol. The molecule has 0 fully saturated rings. The molecule has 0 radical (unpaired) electrons. The third kappa shape index (κ3) is 2.99. The molecule has 98 valence electrons. The van der Waals surface area contributed by atoms with E-state index in [0.717, 1.165) is 12.0 Å². The van der Waals surface area contributed by atoms with E-state index in [9.17, 15) is 4.79 Å². The first-order valence-electron chi connectivity index (χ1n) is 6.99. The highest BCUT2D eigenvalue weighted by atomic mass is 16.5. The van der Waals surface area contributed by atoms with Crippen LogP contribution in [0.5, 0.6) is 0 Å². The lowest BCUT2D eigenvalue weighted by Crippen LogP contribution is -2.25. The van der Waals surface area contributed by atoms with E-state index in [-0.39, 0.29) is 11.9 Å². The van der Waals surface area contributed by atoms with Gasteiger partial charge >= 0.3 is 0 Å². The van der Waals surface area contributed by atoms with Crippen LogP contribution in [0.3, 0.4) is 0 Å². The molecule has 1 aromatic rings. The minimum atomic E-state index is -0.233. The zero-order chi connectivity index (χ0) is 13.0. The summed E-state index contributed by atoms with van der Waals surface area (Å²) in [6.45, 7) is 4.54. The standard InChI is InChI=1S/C16H22O2/c1-3-16(18-4-2)15(17)11-12-8-9-13-6-5-7-14(13)10-12/h8-10,16H,3-7,11H2,1-2H3. The maximum Gasteiger partial charge on any atom is 0.165 e. The van der Waals surface area contributed by atoms with Crippen molar-refractivity contribution in [1.82, 2.24) is 0 Å². The molecule has 0 saturated heterocycles. The van der Waals surface area contributed by atoms with Crippen LogP contribution in [-0.2, 0) is 28.8 Å². The lowest BCUT2D eigenvalue weighted by atomic mass is 10.00. The Kier molecular flexibility index (Phi) is 4.54. The van der Waals surface area contributed by atoms with Crippen LogP contribution in [0.2, 0.25) is 0 Å². The SMILES string of the molecule is CCOC(CC)C(=O)Cc1ccc2c(c1)CCC2.